The number of nitrogens with zero attached hydrogens (tertiary/aromatic N) is 6. The van der Waals surface area contributed by atoms with Gasteiger partial charge in [-0.1, -0.05) is 12.8 Å². The minimum absolute atomic E-state index is 0.0643. The smallest absolute Gasteiger partial charge is 0.332 e. The van der Waals surface area contributed by atoms with Crippen LogP contribution in [-0.4, -0.2) is 68.5 Å². The van der Waals surface area contributed by atoms with E-state index in [4.69, 9.17) is 0 Å². The van der Waals surface area contributed by atoms with Gasteiger partial charge in [-0.05, 0) is 12.8 Å². The van der Waals surface area contributed by atoms with E-state index in [0.717, 1.165) is 63.0 Å². The Balaban J connectivity index is 1.59. The number of hydrogen-bond acceptors (Lipinski definition) is 8. The molecular formula is C17H26N8O2. The van der Waals surface area contributed by atoms with E-state index >= 15 is 0 Å². The average molecular weight is 374 g/mol. The lowest BCUT2D eigenvalue weighted by Crippen LogP contribution is -2.45. The Labute approximate surface area is 156 Å². The Hall–Kier alpha value is -2.33. The fourth-order valence-electron chi connectivity index (χ4n) is 3.95. The molecule has 2 N–H and O–H groups in total. The van der Waals surface area contributed by atoms with E-state index in [1.807, 2.05) is 0 Å². The molecular weight excluding hydrogens is 348 g/mol. The summed E-state index contributed by atoms with van der Waals surface area (Å²) >= 11 is 0. The molecule has 0 unspecified atom stereocenters. The molecule has 1 saturated heterocycles. The first-order valence-electron chi connectivity index (χ1n) is 9.68. The van der Waals surface area contributed by atoms with Crippen molar-refractivity contribution in [3.8, 4) is 0 Å². The minimum Gasteiger partial charge on any atom is -0.352 e. The summed E-state index contributed by atoms with van der Waals surface area (Å²) in [6.07, 6.45) is 3.99. The fraction of sp³-hybridized carbons (Fsp3) is 0.706. The predicted molar refractivity (Wildman–Crippen MR) is 102 cm³/mol. The van der Waals surface area contributed by atoms with Gasteiger partial charge in [-0.2, -0.15) is 0 Å². The monoisotopic (exact) mass is 374 g/mol. The van der Waals surface area contributed by atoms with Gasteiger partial charge < -0.3 is 10.6 Å². The molecule has 10 heteroatoms. The van der Waals surface area contributed by atoms with Crippen LogP contribution in [0.1, 0.15) is 31.7 Å². The maximum absolute atomic E-state index is 12.6. The highest BCUT2D eigenvalue weighted by atomic mass is 16.2. The molecule has 0 radical (unpaired) electrons. The van der Waals surface area contributed by atoms with E-state index in [2.05, 4.69) is 30.7 Å². The Morgan fingerprint density at radius 1 is 1.15 bits per heavy atom. The topological polar surface area (TPSA) is 110 Å². The van der Waals surface area contributed by atoms with E-state index in [0.29, 0.717) is 18.1 Å². The Morgan fingerprint density at radius 3 is 2.63 bits per heavy atom. The van der Waals surface area contributed by atoms with Crippen LogP contribution in [0.4, 0.5) is 5.95 Å². The molecule has 0 atom stereocenters. The van der Waals surface area contributed by atoms with Crippen molar-refractivity contribution in [3.05, 3.63) is 20.8 Å². The van der Waals surface area contributed by atoms with Crippen LogP contribution in [0.3, 0.4) is 0 Å². The second kappa shape index (κ2) is 7.73. The summed E-state index contributed by atoms with van der Waals surface area (Å²) in [5, 5.41) is 14.8. The second-order valence-corrected chi connectivity index (χ2v) is 7.28. The standard InChI is InChI=1S/C17H26N8O2/c1-23-15(26)13-14(25(17(23)27)12-4-2-3-5-12)21-22-16(20-13)19-8-11-24-9-6-18-7-10-24/h12,18H,2-11H2,1H3,(H,19,20,22). The molecule has 3 heterocycles. The first-order chi connectivity index (χ1) is 13.1. The third-order valence-electron chi connectivity index (χ3n) is 5.51. The van der Waals surface area contributed by atoms with Crippen LogP contribution in [0, 0.1) is 0 Å². The largest absolute Gasteiger partial charge is 0.352 e. The van der Waals surface area contributed by atoms with Gasteiger partial charge in [-0.3, -0.25) is 18.8 Å². The van der Waals surface area contributed by atoms with Crippen molar-refractivity contribution in [2.24, 2.45) is 7.05 Å². The van der Waals surface area contributed by atoms with E-state index in [9.17, 15) is 9.59 Å². The maximum Gasteiger partial charge on any atom is 0.332 e. The van der Waals surface area contributed by atoms with Crippen LogP contribution in [0.5, 0.6) is 0 Å². The van der Waals surface area contributed by atoms with Crippen LogP contribution in [0.15, 0.2) is 9.59 Å². The zero-order valence-corrected chi connectivity index (χ0v) is 15.6. The van der Waals surface area contributed by atoms with Crippen molar-refractivity contribution in [3.63, 3.8) is 0 Å². The number of rotatable bonds is 5. The molecule has 4 rings (SSSR count). The Bertz CT molecular complexity index is 925. The highest BCUT2D eigenvalue weighted by Crippen LogP contribution is 2.29. The van der Waals surface area contributed by atoms with Gasteiger partial charge >= 0.3 is 5.69 Å². The molecule has 27 heavy (non-hydrogen) atoms. The molecule has 0 spiro atoms. The lowest BCUT2D eigenvalue weighted by Gasteiger charge is -2.27. The summed E-state index contributed by atoms with van der Waals surface area (Å²) < 4.78 is 2.73. The maximum atomic E-state index is 12.6. The van der Waals surface area contributed by atoms with Gasteiger partial charge in [0.15, 0.2) is 11.2 Å². The van der Waals surface area contributed by atoms with Crippen LogP contribution >= 0.6 is 0 Å². The fourth-order valence-corrected chi connectivity index (χ4v) is 3.95. The summed E-state index contributed by atoms with van der Waals surface area (Å²) in [4.78, 5) is 31.9. The number of nitrogens with one attached hydrogen (secondary N) is 2. The van der Waals surface area contributed by atoms with Crippen molar-refractivity contribution >= 4 is 17.1 Å². The molecule has 1 saturated carbocycles. The van der Waals surface area contributed by atoms with Crippen LogP contribution in [-0.2, 0) is 7.05 Å². The van der Waals surface area contributed by atoms with Gasteiger partial charge in [-0.15, -0.1) is 10.2 Å². The quantitative estimate of drug-likeness (QED) is 0.708. The average Bonchev–Trinajstić information content (AvgIpc) is 3.22. The third kappa shape index (κ3) is 3.59. The SMILES string of the molecule is Cn1c(=O)c2nc(NCCN3CCNCC3)nnc2n(C2CCCC2)c1=O. The van der Waals surface area contributed by atoms with Gasteiger partial charge in [0.25, 0.3) is 5.56 Å². The van der Waals surface area contributed by atoms with Crippen molar-refractivity contribution in [2.75, 3.05) is 44.6 Å². The van der Waals surface area contributed by atoms with E-state index < -0.39 is 5.56 Å². The summed E-state index contributed by atoms with van der Waals surface area (Å²) in [5.41, 5.74) is -0.273. The first-order valence-corrected chi connectivity index (χ1v) is 9.68. The highest BCUT2D eigenvalue weighted by Gasteiger charge is 2.24. The first kappa shape index (κ1) is 18.1. The van der Waals surface area contributed by atoms with E-state index in [1.165, 1.54) is 7.05 Å². The highest BCUT2D eigenvalue weighted by molar-refractivity contribution is 5.69. The molecule has 2 aliphatic rings. The third-order valence-corrected chi connectivity index (χ3v) is 5.51. The van der Waals surface area contributed by atoms with Crippen LogP contribution in [0.2, 0.25) is 0 Å². The molecule has 2 aromatic rings. The number of aromatic nitrogens is 5. The number of piperazine rings is 1. The lowest BCUT2D eigenvalue weighted by molar-refractivity contribution is 0.249. The second-order valence-electron chi connectivity index (χ2n) is 7.28. The Morgan fingerprint density at radius 2 is 1.89 bits per heavy atom. The van der Waals surface area contributed by atoms with Gasteiger partial charge in [0.05, 0.1) is 0 Å². The van der Waals surface area contributed by atoms with Gasteiger partial charge in [0.2, 0.25) is 5.95 Å². The molecule has 1 aliphatic heterocycles. The van der Waals surface area contributed by atoms with E-state index in [1.54, 1.807) is 4.57 Å². The van der Waals surface area contributed by atoms with Crippen LogP contribution in [0.25, 0.3) is 11.2 Å². The van der Waals surface area contributed by atoms with E-state index in [-0.39, 0.29) is 17.2 Å². The van der Waals surface area contributed by atoms with Crippen molar-refractivity contribution in [1.29, 1.82) is 0 Å². The zero-order valence-electron chi connectivity index (χ0n) is 15.6. The lowest BCUT2D eigenvalue weighted by atomic mass is 10.2. The molecule has 1 aliphatic carbocycles. The zero-order chi connectivity index (χ0) is 18.8. The normalized spacial score (nSPS) is 19.0. The van der Waals surface area contributed by atoms with Crippen LogP contribution < -0.4 is 21.9 Å². The molecule has 2 fully saturated rings. The minimum atomic E-state index is -0.427. The molecule has 0 amide bonds. The summed E-state index contributed by atoms with van der Waals surface area (Å²) in [5.74, 6) is 0.325. The molecule has 2 aromatic heterocycles. The van der Waals surface area contributed by atoms with Crippen molar-refractivity contribution in [1.82, 2.24) is 34.5 Å². The Kier molecular flexibility index (Phi) is 5.17. The van der Waals surface area contributed by atoms with Crippen molar-refractivity contribution in [2.45, 2.75) is 31.7 Å². The van der Waals surface area contributed by atoms with Gasteiger partial charge in [0.1, 0.15) is 0 Å². The summed E-state index contributed by atoms with van der Waals surface area (Å²) in [6, 6.07) is 0.0643. The summed E-state index contributed by atoms with van der Waals surface area (Å²) in [6.45, 7) is 5.60. The number of anilines is 1. The number of hydrogen-bond donors (Lipinski definition) is 2. The molecule has 10 nitrogen and oxygen atoms in total. The predicted octanol–water partition coefficient (Wildman–Crippen LogP) is -0.683. The number of fused-ring (bicyclic) bond motifs is 1. The van der Waals surface area contributed by atoms with Gasteiger partial charge in [0, 0.05) is 52.4 Å². The van der Waals surface area contributed by atoms with Crippen molar-refractivity contribution < 1.29 is 0 Å². The molecule has 0 aromatic carbocycles. The molecule has 0 bridgehead atoms. The van der Waals surface area contributed by atoms with Gasteiger partial charge in [-0.25, -0.2) is 9.78 Å². The summed E-state index contributed by atoms with van der Waals surface area (Å²) in [7, 11) is 1.50. The molecule has 146 valence electrons.